The van der Waals surface area contributed by atoms with Crippen molar-refractivity contribution >= 4 is 29.0 Å². The van der Waals surface area contributed by atoms with Gasteiger partial charge in [-0.2, -0.15) is 0 Å². The zero-order chi connectivity index (χ0) is 19.8. The van der Waals surface area contributed by atoms with Crippen molar-refractivity contribution < 1.29 is 28.7 Å². The largest absolute Gasteiger partial charge is 0.493 e. The van der Waals surface area contributed by atoms with Crippen molar-refractivity contribution in [2.45, 2.75) is 5.37 Å². The Kier molecular flexibility index (Phi) is 4.63. The first kappa shape index (κ1) is 18.2. The summed E-state index contributed by atoms with van der Waals surface area (Å²) in [5.41, 5.74) is 0.812. The van der Waals surface area contributed by atoms with Gasteiger partial charge in [-0.1, -0.05) is 0 Å². The van der Waals surface area contributed by atoms with Crippen molar-refractivity contribution in [2.75, 3.05) is 31.7 Å². The molecular weight excluding hydrogens is 388 g/mol. The van der Waals surface area contributed by atoms with Crippen LogP contribution in [0.2, 0.25) is 0 Å². The molecule has 9 nitrogen and oxygen atoms in total. The summed E-state index contributed by atoms with van der Waals surface area (Å²) >= 11 is 1.31. The minimum Gasteiger partial charge on any atom is -0.493 e. The number of fused-ring (bicyclic) bond motifs is 1. The Bertz CT molecular complexity index is 965. The molecule has 0 unspecified atom stereocenters. The van der Waals surface area contributed by atoms with Gasteiger partial charge in [-0.25, -0.2) is 0 Å². The van der Waals surface area contributed by atoms with E-state index in [1.54, 1.807) is 24.3 Å². The van der Waals surface area contributed by atoms with E-state index in [0.29, 0.717) is 34.2 Å². The summed E-state index contributed by atoms with van der Waals surface area (Å²) < 4.78 is 21.2. The number of carbonyl (C=O) groups excluding carboxylic acids is 1. The van der Waals surface area contributed by atoms with Crippen LogP contribution < -0.4 is 23.8 Å². The molecule has 1 fully saturated rings. The van der Waals surface area contributed by atoms with E-state index in [0.717, 1.165) is 0 Å². The number of benzene rings is 2. The molecule has 2 aromatic rings. The van der Waals surface area contributed by atoms with Gasteiger partial charge in [0.05, 0.1) is 36.5 Å². The third kappa shape index (κ3) is 2.95. The average molecular weight is 404 g/mol. The summed E-state index contributed by atoms with van der Waals surface area (Å²) in [7, 11) is 3.02. The standard InChI is InChI=1S/C18H16N2O7S/c1-24-13-4-3-10(5-14(13)25-2)19-17(21)8-28-18(19)11-6-15-16(27-9-26-15)7-12(11)20(22)23/h3-7,18H,8-9H2,1-2H3/t18-/m0/s1. The number of nitrogens with zero attached hydrogens (tertiary/aromatic N) is 2. The van der Waals surface area contributed by atoms with Gasteiger partial charge in [0, 0.05) is 11.8 Å². The number of hydrogen-bond acceptors (Lipinski definition) is 8. The fraction of sp³-hybridized carbons (Fsp3) is 0.278. The Labute approximate surface area is 164 Å². The van der Waals surface area contributed by atoms with E-state index in [-0.39, 0.29) is 24.1 Å². The van der Waals surface area contributed by atoms with Crippen LogP contribution in [0, 0.1) is 10.1 Å². The number of amides is 1. The number of nitro benzene ring substituents is 1. The van der Waals surface area contributed by atoms with Gasteiger partial charge in [0.1, 0.15) is 5.37 Å². The van der Waals surface area contributed by atoms with Crippen LogP contribution in [0.15, 0.2) is 30.3 Å². The highest BCUT2D eigenvalue weighted by atomic mass is 32.2. The molecule has 28 heavy (non-hydrogen) atoms. The molecule has 0 bridgehead atoms. The van der Waals surface area contributed by atoms with Crippen molar-refractivity contribution in [1.29, 1.82) is 0 Å². The molecule has 0 aliphatic carbocycles. The molecule has 2 heterocycles. The number of hydrogen-bond donors (Lipinski definition) is 0. The molecule has 1 atom stereocenters. The van der Waals surface area contributed by atoms with E-state index in [4.69, 9.17) is 18.9 Å². The van der Waals surface area contributed by atoms with Gasteiger partial charge in [0.2, 0.25) is 12.7 Å². The summed E-state index contributed by atoms with van der Waals surface area (Å²) in [6.07, 6.45) is 0. The molecule has 1 amide bonds. The van der Waals surface area contributed by atoms with E-state index in [1.165, 1.54) is 36.9 Å². The van der Waals surface area contributed by atoms with Gasteiger partial charge < -0.3 is 18.9 Å². The molecule has 4 rings (SSSR count). The molecule has 0 radical (unpaired) electrons. The minimum atomic E-state index is -0.583. The average Bonchev–Trinajstić information content (AvgIpc) is 3.32. The lowest BCUT2D eigenvalue weighted by Gasteiger charge is -2.25. The zero-order valence-corrected chi connectivity index (χ0v) is 15.9. The second-order valence-electron chi connectivity index (χ2n) is 5.99. The third-order valence-corrected chi connectivity index (χ3v) is 5.69. The number of anilines is 1. The van der Waals surface area contributed by atoms with Crippen LogP contribution in [0.1, 0.15) is 10.9 Å². The summed E-state index contributed by atoms with van der Waals surface area (Å²) in [6.45, 7) is 0.00603. The highest BCUT2D eigenvalue weighted by Crippen LogP contribution is 2.49. The van der Waals surface area contributed by atoms with E-state index < -0.39 is 10.3 Å². The quantitative estimate of drug-likeness (QED) is 0.554. The fourth-order valence-corrected chi connectivity index (χ4v) is 4.41. The maximum atomic E-state index is 12.6. The maximum Gasteiger partial charge on any atom is 0.279 e. The van der Waals surface area contributed by atoms with Crippen molar-refractivity contribution in [3.8, 4) is 23.0 Å². The fourth-order valence-electron chi connectivity index (χ4n) is 3.21. The molecule has 0 N–H and O–H groups in total. The normalized spacial score (nSPS) is 17.7. The van der Waals surface area contributed by atoms with Gasteiger partial charge in [0.15, 0.2) is 23.0 Å². The van der Waals surface area contributed by atoms with Crippen molar-refractivity contribution in [2.24, 2.45) is 0 Å². The van der Waals surface area contributed by atoms with Crippen LogP contribution in [-0.2, 0) is 4.79 Å². The first-order valence-electron chi connectivity index (χ1n) is 8.27. The van der Waals surface area contributed by atoms with Gasteiger partial charge in [0.25, 0.3) is 5.69 Å². The Hall–Kier alpha value is -3.14. The molecule has 2 aliphatic rings. The molecule has 1 saturated heterocycles. The lowest BCUT2D eigenvalue weighted by atomic mass is 10.1. The van der Waals surface area contributed by atoms with E-state index in [9.17, 15) is 14.9 Å². The van der Waals surface area contributed by atoms with Crippen molar-refractivity contribution in [3.05, 3.63) is 46.0 Å². The second-order valence-corrected chi connectivity index (χ2v) is 7.06. The smallest absolute Gasteiger partial charge is 0.279 e. The molecule has 146 valence electrons. The molecule has 0 aromatic heterocycles. The minimum absolute atomic E-state index is 0.00603. The Balaban J connectivity index is 1.80. The maximum absolute atomic E-state index is 12.6. The van der Waals surface area contributed by atoms with Crippen molar-refractivity contribution in [1.82, 2.24) is 0 Å². The number of ether oxygens (including phenoxy) is 4. The molecule has 2 aliphatic heterocycles. The molecule has 10 heteroatoms. The second kappa shape index (κ2) is 7.12. The van der Waals surface area contributed by atoms with Crippen LogP contribution in [-0.4, -0.2) is 37.6 Å². The predicted octanol–water partition coefficient (Wildman–Crippen LogP) is 3.12. The number of carbonyl (C=O) groups is 1. The summed E-state index contributed by atoms with van der Waals surface area (Å²) in [6, 6.07) is 8.00. The third-order valence-electron chi connectivity index (χ3n) is 4.50. The zero-order valence-electron chi connectivity index (χ0n) is 15.0. The predicted molar refractivity (Wildman–Crippen MR) is 101 cm³/mol. The molecule has 0 saturated carbocycles. The number of rotatable bonds is 5. The van der Waals surface area contributed by atoms with Crippen molar-refractivity contribution in [3.63, 3.8) is 0 Å². The molecule has 0 spiro atoms. The molecule has 2 aromatic carbocycles. The summed E-state index contributed by atoms with van der Waals surface area (Å²) in [5.74, 6) is 1.77. The topological polar surface area (TPSA) is 100 Å². The van der Waals surface area contributed by atoms with Crippen LogP contribution in [0.25, 0.3) is 0 Å². The van der Waals surface area contributed by atoms with Gasteiger partial charge in [-0.05, 0) is 18.2 Å². The first-order chi connectivity index (χ1) is 13.5. The Morgan fingerprint density at radius 3 is 2.54 bits per heavy atom. The highest BCUT2D eigenvalue weighted by molar-refractivity contribution is 8.00. The van der Waals surface area contributed by atoms with E-state index in [2.05, 4.69) is 0 Å². The Morgan fingerprint density at radius 2 is 1.86 bits per heavy atom. The number of thioether (sulfide) groups is 1. The SMILES string of the molecule is COc1ccc(N2C(=O)CS[C@H]2c2cc3c(cc2[N+](=O)[O-])OCO3)cc1OC. The van der Waals surface area contributed by atoms with Crippen LogP contribution in [0.4, 0.5) is 11.4 Å². The van der Waals surface area contributed by atoms with Gasteiger partial charge in [-0.15, -0.1) is 11.8 Å². The van der Waals surface area contributed by atoms with Crippen LogP contribution in [0.5, 0.6) is 23.0 Å². The van der Waals surface area contributed by atoms with E-state index >= 15 is 0 Å². The van der Waals surface area contributed by atoms with Crippen LogP contribution in [0.3, 0.4) is 0 Å². The highest BCUT2D eigenvalue weighted by Gasteiger charge is 2.39. The molecular formula is C18H16N2O7S. The summed E-state index contributed by atoms with van der Waals surface area (Å²) in [4.78, 5) is 25.3. The number of nitro groups is 1. The lowest BCUT2D eigenvalue weighted by molar-refractivity contribution is -0.385. The number of methoxy groups -OCH3 is 2. The van der Waals surface area contributed by atoms with Crippen LogP contribution >= 0.6 is 11.8 Å². The lowest BCUT2D eigenvalue weighted by Crippen LogP contribution is -2.28. The van der Waals surface area contributed by atoms with Gasteiger partial charge >= 0.3 is 0 Å². The Morgan fingerprint density at radius 1 is 1.14 bits per heavy atom. The summed E-state index contributed by atoms with van der Waals surface area (Å²) in [5, 5.41) is 11.1. The van der Waals surface area contributed by atoms with E-state index in [1.807, 2.05) is 0 Å². The van der Waals surface area contributed by atoms with Gasteiger partial charge in [-0.3, -0.25) is 19.8 Å². The first-order valence-corrected chi connectivity index (χ1v) is 9.32. The monoisotopic (exact) mass is 404 g/mol.